The summed E-state index contributed by atoms with van der Waals surface area (Å²) in [5.74, 6) is 1.38. The maximum absolute atomic E-state index is 9.41. The van der Waals surface area contributed by atoms with Crippen molar-refractivity contribution in [3.63, 3.8) is 0 Å². The number of allylic oxidation sites excluding steroid dienone is 5. The second-order valence-electron chi connectivity index (χ2n) is 13.7. The molecule has 3 rings (SSSR count). The fourth-order valence-electron chi connectivity index (χ4n) is 6.32. The van der Waals surface area contributed by atoms with E-state index in [1.165, 1.54) is 119 Å². The molecule has 0 fully saturated rings. The van der Waals surface area contributed by atoms with Crippen molar-refractivity contribution in [3.8, 4) is 11.1 Å². The molecule has 0 aromatic heterocycles. The van der Waals surface area contributed by atoms with Crippen LogP contribution in [-0.4, -0.2) is 6.29 Å². The fourth-order valence-corrected chi connectivity index (χ4v) is 6.32. The van der Waals surface area contributed by atoms with Gasteiger partial charge >= 0.3 is 0 Å². The molecular formula is C46H70O. The highest BCUT2D eigenvalue weighted by atomic mass is 16.1. The molecule has 2 aromatic carbocycles. The summed E-state index contributed by atoms with van der Waals surface area (Å²) in [5.41, 5.74) is 12.6. The molecule has 1 nitrogen and oxygen atoms in total. The van der Waals surface area contributed by atoms with Crippen LogP contribution in [0.5, 0.6) is 0 Å². The first-order valence-corrected chi connectivity index (χ1v) is 19.0. The summed E-state index contributed by atoms with van der Waals surface area (Å²) in [6.07, 6.45) is 28.1. The van der Waals surface area contributed by atoms with E-state index < -0.39 is 0 Å². The smallest absolute Gasteiger partial charge is 0.145 e. The van der Waals surface area contributed by atoms with Crippen LogP contribution in [0, 0.1) is 5.92 Å². The Hall–Kier alpha value is -2.93. The van der Waals surface area contributed by atoms with Crippen LogP contribution in [-0.2, 0) is 30.5 Å². The first-order valence-electron chi connectivity index (χ1n) is 19.0. The summed E-state index contributed by atoms with van der Waals surface area (Å²) in [6, 6.07) is 12.6. The number of hydrogen-bond acceptors (Lipinski definition) is 1. The van der Waals surface area contributed by atoms with Gasteiger partial charge in [0, 0.05) is 5.92 Å². The highest BCUT2D eigenvalue weighted by molar-refractivity contribution is 5.71. The van der Waals surface area contributed by atoms with Gasteiger partial charge in [-0.05, 0) is 128 Å². The van der Waals surface area contributed by atoms with E-state index in [-0.39, 0.29) is 0 Å². The molecule has 1 aliphatic rings. The number of carbonyl (C=O) groups excluding carboxylic acids is 1. The van der Waals surface area contributed by atoms with E-state index in [1.807, 2.05) is 6.92 Å². The van der Waals surface area contributed by atoms with Crippen molar-refractivity contribution in [1.82, 2.24) is 0 Å². The van der Waals surface area contributed by atoms with Crippen molar-refractivity contribution < 1.29 is 4.79 Å². The zero-order valence-electron chi connectivity index (χ0n) is 31.7. The Morgan fingerprint density at radius 2 is 1.26 bits per heavy atom. The lowest BCUT2D eigenvalue weighted by molar-refractivity contribution is -0.104. The Bertz CT molecular complexity index is 1190. The molecule has 260 valence electrons. The first kappa shape index (κ1) is 42.1. The van der Waals surface area contributed by atoms with Gasteiger partial charge in [-0.15, -0.1) is 0 Å². The van der Waals surface area contributed by atoms with Gasteiger partial charge in [-0.1, -0.05) is 147 Å². The Morgan fingerprint density at radius 3 is 1.66 bits per heavy atom. The number of unbranched alkanes of at least 4 members (excludes halogenated alkanes) is 6. The molecule has 1 heteroatoms. The molecule has 0 radical (unpaired) electrons. The van der Waals surface area contributed by atoms with Gasteiger partial charge in [-0.25, -0.2) is 0 Å². The van der Waals surface area contributed by atoms with Crippen LogP contribution in [0.15, 0.2) is 79.4 Å². The average molecular weight is 639 g/mol. The van der Waals surface area contributed by atoms with Crippen LogP contribution in [0.25, 0.3) is 11.1 Å². The van der Waals surface area contributed by atoms with Crippen molar-refractivity contribution in [3.05, 3.63) is 107 Å². The van der Waals surface area contributed by atoms with Crippen LogP contribution in [0.3, 0.4) is 0 Å². The van der Waals surface area contributed by atoms with E-state index in [0.29, 0.717) is 11.5 Å². The van der Waals surface area contributed by atoms with E-state index in [0.717, 1.165) is 24.2 Å². The number of aldehydes is 1. The molecule has 0 saturated heterocycles. The van der Waals surface area contributed by atoms with E-state index in [4.69, 9.17) is 0 Å². The van der Waals surface area contributed by atoms with Crippen LogP contribution in [0.2, 0.25) is 0 Å². The van der Waals surface area contributed by atoms with Crippen molar-refractivity contribution >= 4 is 6.29 Å². The largest absolute Gasteiger partial charge is 0.298 e. The number of hydrogen-bond donors (Lipinski definition) is 0. The molecule has 0 heterocycles. The number of aryl methyl sites for hydroxylation is 3. The van der Waals surface area contributed by atoms with Crippen molar-refractivity contribution in [1.29, 1.82) is 0 Å². The third-order valence-corrected chi connectivity index (χ3v) is 9.35. The lowest BCUT2D eigenvalue weighted by atomic mass is 9.81. The van der Waals surface area contributed by atoms with Crippen LogP contribution >= 0.6 is 0 Å². The third-order valence-electron chi connectivity index (χ3n) is 9.35. The van der Waals surface area contributed by atoms with Gasteiger partial charge < -0.3 is 0 Å². The predicted molar refractivity (Wildman–Crippen MR) is 212 cm³/mol. The number of rotatable bonds is 18. The summed E-state index contributed by atoms with van der Waals surface area (Å²) in [6.45, 7) is 25.5. The molecule has 2 aromatic rings. The van der Waals surface area contributed by atoms with Crippen LogP contribution < -0.4 is 0 Å². The first-order chi connectivity index (χ1) is 22.7. The standard InChI is InChI=1S/C37H56.C5H8.C4H6O/c1-6-11-14-17-33-27-35(28-34(18-15-12-7-2)36(33)19-16-13-8-3)37-25-24-32(26-30(37)10-5)31-22-20-29(9-4)21-23-31;1-4-5(2)3;1-4(2)3-5/h20,22,24-29,31H,6-19,21,23H2,1-5H3;4H,1-2H2,3H3;3H,1H2,2H3. The minimum absolute atomic E-state index is 0.574. The molecule has 0 aliphatic heterocycles. The molecule has 0 amide bonds. The molecule has 0 bridgehead atoms. The molecule has 2 atom stereocenters. The Kier molecular flexibility index (Phi) is 22.5. The van der Waals surface area contributed by atoms with Crippen LogP contribution in [0.4, 0.5) is 0 Å². The van der Waals surface area contributed by atoms with E-state index in [1.54, 1.807) is 29.7 Å². The molecule has 47 heavy (non-hydrogen) atoms. The molecule has 0 N–H and O–H groups in total. The predicted octanol–water partition coefficient (Wildman–Crippen LogP) is 14.1. The summed E-state index contributed by atoms with van der Waals surface area (Å²) in [5, 5.41) is 0. The van der Waals surface area contributed by atoms with Gasteiger partial charge in [0.05, 0.1) is 0 Å². The van der Waals surface area contributed by atoms with Gasteiger partial charge in [0.25, 0.3) is 0 Å². The zero-order valence-corrected chi connectivity index (χ0v) is 31.7. The highest BCUT2D eigenvalue weighted by Crippen LogP contribution is 2.36. The minimum Gasteiger partial charge on any atom is -0.298 e. The molecule has 1 aliphatic carbocycles. The lowest BCUT2D eigenvalue weighted by Gasteiger charge is -2.24. The van der Waals surface area contributed by atoms with Crippen LogP contribution in [0.1, 0.15) is 159 Å². The maximum Gasteiger partial charge on any atom is 0.145 e. The Labute approximate surface area is 291 Å². The van der Waals surface area contributed by atoms with E-state index in [2.05, 4.69) is 96.8 Å². The van der Waals surface area contributed by atoms with Crippen molar-refractivity contribution in [2.24, 2.45) is 5.92 Å². The second-order valence-corrected chi connectivity index (χ2v) is 13.7. The molecule has 2 unspecified atom stereocenters. The van der Waals surface area contributed by atoms with Gasteiger partial charge in [0.15, 0.2) is 0 Å². The fraction of sp³-hybridized carbons (Fsp3) is 0.543. The van der Waals surface area contributed by atoms with E-state index >= 15 is 0 Å². The van der Waals surface area contributed by atoms with E-state index in [9.17, 15) is 4.79 Å². The Balaban J connectivity index is 0.000000961. The highest BCUT2D eigenvalue weighted by Gasteiger charge is 2.18. The monoisotopic (exact) mass is 639 g/mol. The quantitative estimate of drug-likeness (QED) is 0.0522. The molecule has 0 saturated carbocycles. The second kappa shape index (κ2) is 25.1. The average Bonchev–Trinajstić information content (AvgIpc) is 3.09. The third kappa shape index (κ3) is 16.1. The van der Waals surface area contributed by atoms with Crippen molar-refractivity contribution in [2.75, 3.05) is 0 Å². The van der Waals surface area contributed by atoms with Gasteiger partial charge in [-0.2, -0.15) is 0 Å². The van der Waals surface area contributed by atoms with Gasteiger partial charge in [0.1, 0.15) is 6.29 Å². The number of carbonyl (C=O) groups is 1. The Morgan fingerprint density at radius 1 is 0.723 bits per heavy atom. The normalized spacial score (nSPS) is 15.1. The summed E-state index contributed by atoms with van der Waals surface area (Å²) < 4.78 is 0. The topological polar surface area (TPSA) is 17.1 Å². The minimum atomic E-state index is 0.574. The molecular weight excluding hydrogens is 569 g/mol. The van der Waals surface area contributed by atoms with Gasteiger partial charge in [0.2, 0.25) is 0 Å². The zero-order chi connectivity index (χ0) is 35.0. The SMILES string of the molecule is C=C(C)C=O.C=CC(=C)C.CCCCCc1cc(-c2ccc(C3C=CC(CC)CC3)cc2CC)cc(CCCCC)c1CCCCC. The van der Waals surface area contributed by atoms with Crippen molar-refractivity contribution in [2.45, 2.75) is 157 Å². The number of benzene rings is 2. The van der Waals surface area contributed by atoms with Gasteiger partial charge in [-0.3, -0.25) is 4.79 Å². The summed E-state index contributed by atoms with van der Waals surface area (Å²) >= 11 is 0. The maximum atomic E-state index is 9.41. The summed E-state index contributed by atoms with van der Waals surface area (Å²) in [4.78, 5) is 9.41. The molecule has 0 spiro atoms. The summed E-state index contributed by atoms with van der Waals surface area (Å²) in [7, 11) is 0. The lowest BCUT2D eigenvalue weighted by Crippen LogP contribution is -2.07.